The number of rotatable bonds is 6. The van der Waals surface area contributed by atoms with Crippen molar-refractivity contribution in [3.63, 3.8) is 0 Å². The van der Waals surface area contributed by atoms with E-state index in [4.69, 9.17) is 4.52 Å². The number of aromatic nitrogens is 4. The van der Waals surface area contributed by atoms with E-state index in [1.807, 2.05) is 30.5 Å². The van der Waals surface area contributed by atoms with Crippen molar-refractivity contribution in [3.8, 4) is 10.7 Å². The standard InChI is InChI=1S/C14H15N5OS/c1-10-17-13(20-19-10)5-7-15-8-11-9-21-14(18-11)12-4-2-3-6-16-12/h2-4,6,9,15H,5,7-8H2,1H3. The zero-order valence-electron chi connectivity index (χ0n) is 11.6. The van der Waals surface area contributed by atoms with Gasteiger partial charge in [0.05, 0.1) is 11.4 Å². The summed E-state index contributed by atoms with van der Waals surface area (Å²) in [5.41, 5.74) is 1.93. The van der Waals surface area contributed by atoms with E-state index in [9.17, 15) is 0 Å². The van der Waals surface area contributed by atoms with Crippen LogP contribution in [0.5, 0.6) is 0 Å². The second kappa shape index (κ2) is 6.55. The minimum atomic E-state index is 0.660. The Morgan fingerprint density at radius 3 is 3.00 bits per heavy atom. The summed E-state index contributed by atoms with van der Waals surface area (Å²) in [4.78, 5) is 13.0. The lowest BCUT2D eigenvalue weighted by Crippen LogP contribution is -2.17. The molecule has 108 valence electrons. The van der Waals surface area contributed by atoms with Gasteiger partial charge in [-0.2, -0.15) is 4.98 Å². The van der Waals surface area contributed by atoms with Gasteiger partial charge >= 0.3 is 0 Å². The molecular formula is C14H15N5OS. The van der Waals surface area contributed by atoms with Crippen molar-refractivity contribution in [2.45, 2.75) is 19.9 Å². The molecule has 0 aliphatic heterocycles. The zero-order chi connectivity index (χ0) is 14.5. The predicted octanol–water partition coefficient (Wildman–Crippen LogP) is 2.23. The molecule has 0 aliphatic carbocycles. The molecule has 0 saturated heterocycles. The molecule has 3 aromatic rings. The quantitative estimate of drug-likeness (QED) is 0.704. The van der Waals surface area contributed by atoms with Crippen LogP contribution in [0, 0.1) is 6.92 Å². The normalized spacial score (nSPS) is 10.9. The Kier molecular flexibility index (Phi) is 4.32. The van der Waals surface area contributed by atoms with E-state index in [2.05, 4.69) is 25.4 Å². The van der Waals surface area contributed by atoms with Gasteiger partial charge in [0.15, 0.2) is 5.82 Å². The number of nitrogens with one attached hydrogen (secondary N) is 1. The second-order valence-corrected chi connectivity index (χ2v) is 5.38. The fourth-order valence-electron chi connectivity index (χ4n) is 1.85. The predicted molar refractivity (Wildman–Crippen MR) is 79.8 cm³/mol. The van der Waals surface area contributed by atoms with Gasteiger partial charge in [0.2, 0.25) is 5.89 Å². The zero-order valence-corrected chi connectivity index (χ0v) is 12.4. The van der Waals surface area contributed by atoms with Gasteiger partial charge in [0.25, 0.3) is 0 Å². The van der Waals surface area contributed by atoms with Crippen LogP contribution in [0.25, 0.3) is 10.7 Å². The van der Waals surface area contributed by atoms with Crippen molar-refractivity contribution in [1.82, 2.24) is 25.4 Å². The van der Waals surface area contributed by atoms with Crippen molar-refractivity contribution in [3.05, 3.63) is 47.2 Å². The van der Waals surface area contributed by atoms with Gasteiger partial charge in [0.1, 0.15) is 5.01 Å². The van der Waals surface area contributed by atoms with Crippen molar-refractivity contribution in [2.24, 2.45) is 0 Å². The van der Waals surface area contributed by atoms with E-state index in [0.29, 0.717) is 11.7 Å². The van der Waals surface area contributed by atoms with Crippen molar-refractivity contribution < 1.29 is 4.52 Å². The molecule has 0 spiro atoms. The van der Waals surface area contributed by atoms with E-state index >= 15 is 0 Å². The van der Waals surface area contributed by atoms with Crippen LogP contribution >= 0.6 is 11.3 Å². The summed E-state index contributed by atoms with van der Waals surface area (Å²) in [7, 11) is 0. The van der Waals surface area contributed by atoms with E-state index in [1.54, 1.807) is 17.5 Å². The highest BCUT2D eigenvalue weighted by Crippen LogP contribution is 2.21. The van der Waals surface area contributed by atoms with Gasteiger partial charge in [-0.3, -0.25) is 4.98 Å². The van der Waals surface area contributed by atoms with Crippen LogP contribution in [0.2, 0.25) is 0 Å². The topological polar surface area (TPSA) is 76.7 Å². The van der Waals surface area contributed by atoms with Gasteiger partial charge in [-0.05, 0) is 19.1 Å². The van der Waals surface area contributed by atoms with E-state index in [-0.39, 0.29) is 0 Å². The molecule has 3 heterocycles. The van der Waals surface area contributed by atoms with Crippen LogP contribution in [-0.4, -0.2) is 26.7 Å². The summed E-state index contributed by atoms with van der Waals surface area (Å²) in [6.45, 7) is 3.31. The highest BCUT2D eigenvalue weighted by atomic mass is 32.1. The Hall–Kier alpha value is -2.12. The molecule has 0 unspecified atom stereocenters. The van der Waals surface area contributed by atoms with Gasteiger partial charge < -0.3 is 9.84 Å². The van der Waals surface area contributed by atoms with Gasteiger partial charge in [0, 0.05) is 31.1 Å². The third kappa shape index (κ3) is 3.71. The summed E-state index contributed by atoms with van der Waals surface area (Å²) in [5, 5.41) is 10.1. The molecule has 1 N–H and O–H groups in total. The molecule has 0 fully saturated rings. The maximum absolute atomic E-state index is 5.06. The molecular weight excluding hydrogens is 286 g/mol. The average Bonchev–Trinajstić information content (AvgIpc) is 3.14. The number of hydrogen-bond acceptors (Lipinski definition) is 7. The van der Waals surface area contributed by atoms with E-state index in [0.717, 1.165) is 35.9 Å². The number of thiazole rings is 1. The molecule has 0 bridgehead atoms. The first kappa shape index (κ1) is 13.8. The van der Waals surface area contributed by atoms with Crippen LogP contribution < -0.4 is 5.32 Å². The molecule has 0 saturated carbocycles. The van der Waals surface area contributed by atoms with Crippen molar-refractivity contribution in [2.75, 3.05) is 6.54 Å². The van der Waals surface area contributed by atoms with Gasteiger partial charge in [-0.25, -0.2) is 4.98 Å². The maximum atomic E-state index is 5.06. The fourth-order valence-corrected chi connectivity index (χ4v) is 2.64. The molecule has 0 aromatic carbocycles. The van der Waals surface area contributed by atoms with Gasteiger partial charge in [-0.15, -0.1) is 11.3 Å². The average molecular weight is 301 g/mol. The summed E-state index contributed by atoms with van der Waals surface area (Å²) in [6.07, 6.45) is 2.50. The molecule has 7 heteroatoms. The number of aryl methyl sites for hydroxylation is 1. The largest absolute Gasteiger partial charge is 0.339 e. The first-order valence-corrected chi connectivity index (χ1v) is 7.55. The summed E-state index contributed by atoms with van der Waals surface area (Å²) < 4.78 is 5.06. The molecule has 21 heavy (non-hydrogen) atoms. The number of pyridine rings is 1. The highest BCUT2D eigenvalue weighted by Gasteiger charge is 2.06. The Morgan fingerprint density at radius 1 is 1.29 bits per heavy atom. The summed E-state index contributed by atoms with van der Waals surface area (Å²) in [5.74, 6) is 1.33. The fraction of sp³-hybridized carbons (Fsp3) is 0.286. The Balaban J connectivity index is 1.49. The molecule has 3 aromatic heterocycles. The van der Waals surface area contributed by atoms with Crippen LogP contribution in [0.1, 0.15) is 17.4 Å². The lowest BCUT2D eigenvalue weighted by Gasteiger charge is -1.99. The van der Waals surface area contributed by atoms with Crippen LogP contribution in [0.3, 0.4) is 0 Å². The molecule has 0 radical (unpaired) electrons. The Labute approximate surface area is 126 Å². The molecule has 0 atom stereocenters. The second-order valence-electron chi connectivity index (χ2n) is 4.52. The smallest absolute Gasteiger partial charge is 0.227 e. The first-order valence-electron chi connectivity index (χ1n) is 6.67. The van der Waals surface area contributed by atoms with E-state index in [1.165, 1.54) is 0 Å². The van der Waals surface area contributed by atoms with Crippen LogP contribution in [0.4, 0.5) is 0 Å². The molecule has 0 aliphatic rings. The third-order valence-electron chi connectivity index (χ3n) is 2.83. The summed E-state index contributed by atoms with van der Waals surface area (Å²) in [6, 6.07) is 5.83. The Morgan fingerprint density at radius 2 is 2.24 bits per heavy atom. The SMILES string of the molecule is Cc1noc(CCNCc2csc(-c3ccccn3)n2)n1. The van der Waals surface area contributed by atoms with E-state index < -0.39 is 0 Å². The number of nitrogens with zero attached hydrogens (tertiary/aromatic N) is 4. The lowest BCUT2D eigenvalue weighted by atomic mass is 10.3. The summed E-state index contributed by atoms with van der Waals surface area (Å²) >= 11 is 1.61. The maximum Gasteiger partial charge on any atom is 0.227 e. The third-order valence-corrected chi connectivity index (χ3v) is 3.74. The molecule has 0 amide bonds. The van der Waals surface area contributed by atoms with Crippen molar-refractivity contribution >= 4 is 11.3 Å². The monoisotopic (exact) mass is 301 g/mol. The van der Waals surface area contributed by atoms with Crippen LogP contribution in [-0.2, 0) is 13.0 Å². The molecule has 6 nitrogen and oxygen atoms in total. The minimum Gasteiger partial charge on any atom is -0.339 e. The first-order chi connectivity index (χ1) is 10.3. The number of hydrogen-bond donors (Lipinski definition) is 1. The lowest BCUT2D eigenvalue weighted by molar-refractivity contribution is 0.372. The van der Waals surface area contributed by atoms with Crippen LogP contribution in [0.15, 0.2) is 34.3 Å². The molecule has 3 rings (SSSR count). The Bertz CT molecular complexity index is 694. The van der Waals surface area contributed by atoms with Gasteiger partial charge in [-0.1, -0.05) is 11.2 Å². The highest BCUT2D eigenvalue weighted by molar-refractivity contribution is 7.13. The minimum absolute atomic E-state index is 0.660. The van der Waals surface area contributed by atoms with Crippen molar-refractivity contribution in [1.29, 1.82) is 0 Å².